The van der Waals surface area contributed by atoms with Gasteiger partial charge in [0, 0.05) is 19.3 Å². The highest BCUT2D eigenvalue weighted by Crippen LogP contribution is 2.25. The summed E-state index contributed by atoms with van der Waals surface area (Å²) in [5, 5.41) is 3.21. The maximum atomic E-state index is 12.2. The SMILES string of the molecule is CC(C)(C)OC(=O)C1NCCc2cnc(CN)cc21. The molecule has 0 fully saturated rings. The second-order valence-electron chi connectivity index (χ2n) is 5.75. The zero-order chi connectivity index (χ0) is 14.0. The van der Waals surface area contributed by atoms with Crippen molar-refractivity contribution >= 4 is 5.97 Å². The van der Waals surface area contributed by atoms with Gasteiger partial charge >= 0.3 is 5.97 Å². The van der Waals surface area contributed by atoms with Gasteiger partial charge in [-0.05, 0) is 44.4 Å². The number of aromatic nitrogens is 1. The highest BCUT2D eigenvalue weighted by atomic mass is 16.6. The first-order valence-electron chi connectivity index (χ1n) is 6.55. The van der Waals surface area contributed by atoms with Crippen molar-refractivity contribution in [1.82, 2.24) is 10.3 Å². The molecule has 0 aliphatic carbocycles. The van der Waals surface area contributed by atoms with Crippen LogP contribution in [-0.2, 0) is 22.5 Å². The van der Waals surface area contributed by atoms with Gasteiger partial charge in [-0.1, -0.05) is 0 Å². The Kier molecular flexibility index (Phi) is 3.87. The van der Waals surface area contributed by atoms with E-state index < -0.39 is 11.6 Å². The Hall–Kier alpha value is -1.46. The first kappa shape index (κ1) is 14.0. The summed E-state index contributed by atoms with van der Waals surface area (Å²) in [6, 6.07) is 1.48. The number of fused-ring (bicyclic) bond motifs is 1. The molecule has 2 rings (SSSR count). The van der Waals surface area contributed by atoms with E-state index in [9.17, 15) is 4.79 Å². The normalized spacial score (nSPS) is 18.8. The van der Waals surface area contributed by atoms with Gasteiger partial charge in [0.05, 0.1) is 5.69 Å². The number of pyridine rings is 1. The molecule has 19 heavy (non-hydrogen) atoms. The van der Waals surface area contributed by atoms with Crippen molar-refractivity contribution in [2.24, 2.45) is 5.73 Å². The molecule has 1 unspecified atom stereocenters. The molecule has 1 aliphatic heterocycles. The molecule has 1 aromatic rings. The molecule has 1 aromatic heterocycles. The monoisotopic (exact) mass is 263 g/mol. The molecule has 1 atom stereocenters. The van der Waals surface area contributed by atoms with Crippen LogP contribution in [0.5, 0.6) is 0 Å². The lowest BCUT2D eigenvalue weighted by molar-refractivity contribution is -0.157. The van der Waals surface area contributed by atoms with Gasteiger partial charge in [-0.15, -0.1) is 0 Å². The standard InChI is InChI=1S/C14H21N3O2/c1-14(2,3)19-13(18)12-11-6-10(7-15)17-8-9(11)4-5-16-12/h6,8,12,16H,4-5,7,15H2,1-3H3. The zero-order valence-corrected chi connectivity index (χ0v) is 11.7. The minimum Gasteiger partial charge on any atom is -0.459 e. The lowest BCUT2D eigenvalue weighted by atomic mass is 9.95. The number of nitrogens with two attached hydrogens (primary N) is 1. The van der Waals surface area contributed by atoms with Gasteiger partial charge in [0.2, 0.25) is 0 Å². The van der Waals surface area contributed by atoms with Crippen LogP contribution in [-0.4, -0.2) is 23.1 Å². The van der Waals surface area contributed by atoms with E-state index in [1.54, 1.807) is 0 Å². The lowest BCUT2D eigenvalue weighted by Gasteiger charge is -2.29. The highest BCUT2D eigenvalue weighted by molar-refractivity contribution is 5.79. The maximum Gasteiger partial charge on any atom is 0.328 e. The fourth-order valence-corrected chi connectivity index (χ4v) is 2.17. The van der Waals surface area contributed by atoms with Gasteiger partial charge in [0.1, 0.15) is 11.6 Å². The van der Waals surface area contributed by atoms with Gasteiger partial charge in [-0.3, -0.25) is 4.98 Å². The Balaban J connectivity index is 2.28. The molecular weight excluding hydrogens is 242 g/mol. The molecule has 0 bridgehead atoms. The number of carbonyl (C=O) groups excluding carboxylic acids is 1. The quantitative estimate of drug-likeness (QED) is 0.780. The van der Waals surface area contributed by atoms with E-state index in [4.69, 9.17) is 10.5 Å². The Bertz CT molecular complexity index is 480. The fraction of sp³-hybridized carbons (Fsp3) is 0.571. The Labute approximate surface area is 113 Å². The van der Waals surface area contributed by atoms with Crippen LogP contribution in [0.25, 0.3) is 0 Å². The van der Waals surface area contributed by atoms with E-state index in [2.05, 4.69) is 10.3 Å². The number of carbonyl (C=O) groups is 1. The van der Waals surface area contributed by atoms with Gasteiger partial charge in [0.15, 0.2) is 0 Å². The number of nitrogens with zero attached hydrogens (tertiary/aromatic N) is 1. The average molecular weight is 263 g/mol. The van der Waals surface area contributed by atoms with Crippen molar-refractivity contribution in [2.45, 2.75) is 45.4 Å². The Morgan fingerprint density at radius 1 is 1.58 bits per heavy atom. The molecule has 5 heteroatoms. The number of nitrogens with one attached hydrogen (secondary N) is 1. The number of esters is 1. The second-order valence-corrected chi connectivity index (χ2v) is 5.75. The molecule has 0 spiro atoms. The van der Waals surface area contributed by atoms with E-state index in [0.29, 0.717) is 6.54 Å². The minimum absolute atomic E-state index is 0.248. The number of hydrogen-bond donors (Lipinski definition) is 2. The van der Waals surface area contributed by atoms with Crippen molar-refractivity contribution in [3.8, 4) is 0 Å². The Morgan fingerprint density at radius 3 is 2.95 bits per heavy atom. The van der Waals surface area contributed by atoms with Crippen molar-refractivity contribution < 1.29 is 9.53 Å². The fourth-order valence-electron chi connectivity index (χ4n) is 2.17. The Morgan fingerprint density at radius 2 is 2.32 bits per heavy atom. The molecule has 0 saturated carbocycles. The largest absolute Gasteiger partial charge is 0.459 e. The summed E-state index contributed by atoms with van der Waals surface area (Å²) in [7, 11) is 0. The summed E-state index contributed by atoms with van der Waals surface area (Å²) in [5.74, 6) is -0.248. The van der Waals surface area contributed by atoms with E-state index >= 15 is 0 Å². The van der Waals surface area contributed by atoms with Crippen LogP contribution in [0, 0.1) is 0 Å². The highest BCUT2D eigenvalue weighted by Gasteiger charge is 2.30. The first-order valence-corrected chi connectivity index (χ1v) is 6.55. The van der Waals surface area contributed by atoms with E-state index in [-0.39, 0.29) is 5.97 Å². The summed E-state index contributed by atoms with van der Waals surface area (Å²) < 4.78 is 5.45. The van der Waals surface area contributed by atoms with Gasteiger partial charge in [-0.2, -0.15) is 0 Å². The van der Waals surface area contributed by atoms with Crippen LogP contribution in [0.15, 0.2) is 12.3 Å². The smallest absolute Gasteiger partial charge is 0.328 e. The summed E-state index contributed by atoms with van der Waals surface area (Å²) >= 11 is 0. The van der Waals surface area contributed by atoms with Crippen LogP contribution in [0.3, 0.4) is 0 Å². The van der Waals surface area contributed by atoms with E-state index in [0.717, 1.165) is 29.8 Å². The van der Waals surface area contributed by atoms with Crippen molar-refractivity contribution in [1.29, 1.82) is 0 Å². The average Bonchev–Trinajstić information content (AvgIpc) is 2.35. The van der Waals surface area contributed by atoms with Crippen LogP contribution < -0.4 is 11.1 Å². The zero-order valence-electron chi connectivity index (χ0n) is 11.7. The minimum atomic E-state index is -0.486. The van der Waals surface area contributed by atoms with Crippen LogP contribution in [0.1, 0.15) is 43.6 Å². The summed E-state index contributed by atoms with van der Waals surface area (Å²) in [4.78, 5) is 16.5. The molecule has 0 aromatic carbocycles. The van der Waals surface area contributed by atoms with Crippen LogP contribution in [0.2, 0.25) is 0 Å². The van der Waals surface area contributed by atoms with E-state index in [1.807, 2.05) is 33.0 Å². The van der Waals surface area contributed by atoms with Crippen LogP contribution in [0.4, 0.5) is 0 Å². The molecule has 5 nitrogen and oxygen atoms in total. The second kappa shape index (κ2) is 5.27. The molecule has 1 aliphatic rings. The summed E-state index contributed by atoms with van der Waals surface area (Å²) in [6.45, 7) is 6.72. The van der Waals surface area contributed by atoms with Gasteiger partial charge in [-0.25, -0.2) is 4.79 Å². The lowest BCUT2D eigenvalue weighted by Crippen LogP contribution is -2.39. The molecule has 0 saturated heterocycles. The number of ether oxygens (including phenoxy) is 1. The summed E-state index contributed by atoms with van der Waals surface area (Å²) in [6.07, 6.45) is 2.68. The number of rotatable bonds is 2. The summed E-state index contributed by atoms with van der Waals surface area (Å²) in [5.41, 5.74) is 7.94. The van der Waals surface area contributed by atoms with E-state index in [1.165, 1.54) is 0 Å². The van der Waals surface area contributed by atoms with Gasteiger partial charge < -0.3 is 15.8 Å². The van der Waals surface area contributed by atoms with Crippen molar-refractivity contribution in [3.05, 3.63) is 29.1 Å². The third-order valence-corrected chi connectivity index (χ3v) is 2.98. The molecule has 3 N–H and O–H groups in total. The molecule has 0 amide bonds. The first-order chi connectivity index (χ1) is 8.90. The number of hydrogen-bond acceptors (Lipinski definition) is 5. The van der Waals surface area contributed by atoms with Gasteiger partial charge in [0.25, 0.3) is 0 Å². The molecular formula is C14H21N3O2. The molecule has 0 radical (unpaired) electrons. The predicted octanol–water partition coefficient (Wildman–Crippen LogP) is 1.07. The maximum absolute atomic E-state index is 12.2. The third-order valence-electron chi connectivity index (χ3n) is 2.98. The molecule has 104 valence electrons. The topological polar surface area (TPSA) is 77.2 Å². The van der Waals surface area contributed by atoms with Crippen LogP contribution >= 0.6 is 0 Å². The molecule has 2 heterocycles. The predicted molar refractivity (Wildman–Crippen MR) is 72.4 cm³/mol. The van der Waals surface area contributed by atoms with Crippen molar-refractivity contribution in [3.63, 3.8) is 0 Å². The van der Waals surface area contributed by atoms with Crippen molar-refractivity contribution in [2.75, 3.05) is 6.54 Å². The third kappa shape index (κ3) is 3.30.